The van der Waals surface area contributed by atoms with Crippen LogP contribution in [-0.2, 0) is 11.2 Å². The van der Waals surface area contributed by atoms with Gasteiger partial charge in [-0.05, 0) is 37.3 Å². The SMILES string of the molecule is Cl.NC(CNC(=O)CCc1ccc(Cl)s1)C1CC1. The van der Waals surface area contributed by atoms with Crippen LogP contribution < -0.4 is 11.1 Å². The van der Waals surface area contributed by atoms with Crippen LogP contribution >= 0.6 is 35.3 Å². The second-order valence-corrected chi connectivity index (χ2v) is 6.31. The minimum absolute atomic E-state index is 0. The van der Waals surface area contributed by atoms with E-state index in [4.69, 9.17) is 17.3 Å². The molecule has 3 N–H and O–H groups in total. The normalized spacial score (nSPS) is 15.9. The van der Waals surface area contributed by atoms with Gasteiger partial charge in [0.15, 0.2) is 0 Å². The molecule has 0 saturated heterocycles. The van der Waals surface area contributed by atoms with Gasteiger partial charge in [0.25, 0.3) is 0 Å². The number of hydrogen-bond acceptors (Lipinski definition) is 3. The van der Waals surface area contributed by atoms with E-state index < -0.39 is 0 Å². The van der Waals surface area contributed by atoms with Gasteiger partial charge in [-0.15, -0.1) is 23.7 Å². The molecular formula is C12H18Cl2N2OS. The van der Waals surface area contributed by atoms with E-state index in [0.29, 0.717) is 18.9 Å². The van der Waals surface area contributed by atoms with Crippen LogP contribution in [0.3, 0.4) is 0 Å². The van der Waals surface area contributed by atoms with Gasteiger partial charge in [0.2, 0.25) is 5.91 Å². The molecule has 1 aliphatic rings. The molecule has 102 valence electrons. The van der Waals surface area contributed by atoms with Gasteiger partial charge in [-0.1, -0.05) is 11.6 Å². The lowest BCUT2D eigenvalue weighted by atomic mass is 10.2. The summed E-state index contributed by atoms with van der Waals surface area (Å²) in [4.78, 5) is 12.7. The standard InChI is InChI=1S/C12H17ClN2OS.ClH/c13-11-5-3-9(17-11)4-6-12(16)15-7-10(14)8-1-2-8;/h3,5,8,10H,1-2,4,6-7,14H2,(H,15,16);1H. The van der Waals surface area contributed by atoms with E-state index in [1.807, 2.05) is 12.1 Å². The molecule has 0 radical (unpaired) electrons. The number of rotatable bonds is 6. The zero-order valence-electron chi connectivity index (χ0n) is 10.0. The smallest absolute Gasteiger partial charge is 0.220 e. The number of aryl methyl sites for hydroxylation is 1. The largest absolute Gasteiger partial charge is 0.355 e. The van der Waals surface area contributed by atoms with E-state index >= 15 is 0 Å². The van der Waals surface area contributed by atoms with Crippen LogP contribution in [0.1, 0.15) is 24.1 Å². The molecule has 1 aliphatic carbocycles. The topological polar surface area (TPSA) is 55.1 Å². The van der Waals surface area contributed by atoms with Gasteiger partial charge in [-0.25, -0.2) is 0 Å². The number of hydrogen-bond donors (Lipinski definition) is 2. The van der Waals surface area contributed by atoms with Crippen LogP contribution in [0.2, 0.25) is 4.34 Å². The quantitative estimate of drug-likeness (QED) is 0.848. The van der Waals surface area contributed by atoms with Gasteiger partial charge in [0, 0.05) is 23.9 Å². The second-order valence-electron chi connectivity index (χ2n) is 4.51. The van der Waals surface area contributed by atoms with Gasteiger partial charge in [0.1, 0.15) is 0 Å². The summed E-state index contributed by atoms with van der Waals surface area (Å²) in [6.45, 7) is 0.606. The summed E-state index contributed by atoms with van der Waals surface area (Å²) in [5.41, 5.74) is 5.91. The van der Waals surface area contributed by atoms with Gasteiger partial charge in [-0.2, -0.15) is 0 Å². The molecule has 1 atom stereocenters. The number of nitrogens with two attached hydrogens (primary N) is 1. The fourth-order valence-electron chi connectivity index (χ4n) is 1.73. The Kier molecular flexibility index (Phi) is 6.43. The molecule has 6 heteroatoms. The molecule has 1 aromatic rings. The highest BCUT2D eigenvalue weighted by Crippen LogP contribution is 2.31. The Hall–Kier alpha value is -0.290. The van der Waals surface area contributed by atoms with Crippen LogP contribution in [0.5, 0.6) is 0 Å². The maximum absolute atomic E-state index is 11.6. The first-order valence-electron chi connectivity index (χ1n) is 5.91. The highest BCUT2D eigenvalue weighted by molar-refractivity contribution is 7.16. The molecule has 0 spiro atoms. The van der Waals surface area contributed by atoms with Gasteiger partial charge in [0.05, 0.1) is 4.34 Å². The molecule has 0 aliphatic heterocycles. The Morgan fingerprint density at radius 2 is 2.28 bits per heavy atom. The van der Waals surface area contributed by atoms with Crippen molar-refractivity contribution in [3.63, 3.8) is 0 Å². The fraction of sp³-hybridized carbons (Fsp3) is 0.583. The first-order chi connectivity index (χ1) is 8.15. The molecule has 1 saturated carbocycles. The van der Waals surface area contributed by atoms with Crippen molar-refractivity contribution < 1.29 is 4.79 Å². The summed E-state index contributed by atoms with van der Waals surface area (Å²) < 4.78 is 0.774. The number of halogens is 2. The predicted octanol–water partition coefficient (Wildman–Crippen LogP) is 2.61. The maximum Gasteiger partial charge on any atom is 0.220 e. The highest BCUT2D eigenvalue weighted by Gasteiger charge is 2.28. The minimum Gasteiger partial charge on any atom is -0.355 e. The average Bonchev–Trinajstić information content (AvgIpc) is 3.07. The summed E-state index contributed by atoms with van der Waals surface area (Å²) >= 11 is 7.35. The third kappa shape index (κ3) is 5.14. The lowest BCUT2D eigenvalue weighted by molar-refractivity contribution is -0.121. The Labute approximate surface area is 122 Å². The van der Waals surface area contributed by atoms with Gasteiger partial charge < -0.3 is 11.1 Å². The van der Waals surface area contributed by atoms with Crippen molar-refractivity contribution in [1.82, 2.24) is 5.32 Å². The lowest BCUT2D eigenvalue weighted by Crippen LogP contribution is -2.38. The summed E-state index contributed by atoms with van der Waals surface area (Å²) in [5.74, 6) is 0.706. The number of carbonyl (C=O) groups is 1. The van der Waals surface area contributed by atoms with Gasteiger partial charge in [-0.3, -0.25) is 4.79 Å². The van der Waals surface area contributed by atoms with Crippen molar-refractivity contribution in [2.24, 2.45) is 11.7 Å². The second kappa shape index (κ2) is 7.34. The Morgan fingerprint density at radius 1 is 1.56 bits per heavy atom. The Morgan fingerprint density at radius 3 is 2.83 bits per heavy atom. The van der Waals surface area contributed by atoms with E-state index in [1.54, 1.807) is 0 Å². The Bertz CT molecular complexity index is 393. The Balaban J connectivity index is 0.00000162. The lowest BCUT2D eigenvalue weighted by Gasteiger charge is -2.11. The van der Waals surface area contributed by atoms with E-state index in [1.165, 1.54) is 24.2 Å². The number of nitrogens with one attached hydrogen (secondary N) is 1. The van der Waals surface area contributed by atoms with E-state index in [-0.39, 0.29) is 24.4 Å². The molecular weight excluding hydrogens is 291 g/mol. The van der Waals surface area contributed by atoms with Crippen LogP contribution in [0.15, 0.2) is 12.1 Å². The molecule has 1 unspecified atom stereocenters. The van der Waals surface area contributed by atoms with Crippen molar-refractivity contribution in [3.05, 3.63) is 21.3 Å². The molecule has 1 fully saturated rings. The molecule has 3 nitrogen and oxygen atoms in total. The van der Waals surface area contributed by atoms with Crippen molar-refractivity contribution in [3.8, 4) is 0 Å². The molecule has 0 bridgehead atoms. The van der Waals surface area contributed by atoms with Crippen molar-refractivity contribution in [2.45, 2.75) is 31.7 Å². The molecule has 1 heterocycles. The van der Waals surface area contributed by atoms with Gasteiger partial charge >= 0.3 is 0 Å². The van der Waals surface area contributed by atoms with Crippen LogP contribution in [0, 0.1) is 5.92 Å². The zero-order valence-corrected chi connectivity index (χ0v) is 12.4. The van der Waals surface area contributed by atoms with E-state index in [0.717, 1.165) is 15.6 Å². The first kappa shape index (κ1) is 15.8. The van der Waals surface area contributed by atoms with Crippen molar-refractivity contribution in [1.29, 1.82) is 0 Å². The molecule has 1 aromatic heterocycles. The highest BCUT2D eigenvalue weighted by atomic mass is 35.5. The summed E-state index contributed by atoms with van der Waals surface area (Å²) in [7, 11) is 0. The number of amides is 1. The van der Waals surface area contributed by atoms with E-state index in [9.17, 15) is 4.79 Å². The predicted molar refractivity (Wildman–Crippen MR) is 78.6 cm³/mol. The van der Waals surface area contributed by atoms with E-state index in [2.05, 4.69) is 5.32 Å². The monoisotopic (exact) mass is 308 g/mol. The molecule has 1 amide bonds. The average molecular weight is 309 g/mol. The van der Waals surface area contributed by atoms with Crippen molar-refractivity contribution in [2.75, 3.05) is 6.54 Å². The number of thiophene rings is 1. The summed E-state index contributed by atoms with van der Waals surface area (Å²) in [5, 5.41) is 2.89. The maximum atomic E-state index is 11.6. The van der Waals surface area contributed by atoms with Crippen LogP contribution in [0.4, 0.5) is 0 Å². The number of carbonyl (C=O) groups excluding carboxylic acids is 1. The summed E-state index contributed by atoms with van der Waals surface area (Å²) in [6, 6.07) is 3.97. The summed E-state index contributed by atoms with van der Waals surface area (Å²) in [6.07, 6.45) is 3.69. The molecule has 2 rings (SSSR count). The first-order valence-corrected chi connectivity index (χ1v) is 7.11. The minimum atomic E-state index is 0. The fourth-order valence-corrected chi connectivity index (χ4v) is 2.82. The molecule has 18 heavy (non-hydrogen) atoms. The van der Waals surface area contributed by atoms with Crippen LogP contribution in [-0.4, -0.2) is 18.5 Å². The van der Waals surface area contributed by atoms with Crippen LogP contribution in [0.25, 0.3) is 0 Å². The third-order valence-corrected chi connectivity index (χ3v) is 4.28. The van der Waals surface area contributed by atoms with Crippen molar-refractivity contribution >= 4 is 41.3 Å². The zero-order chi connectivity index (χ0) is 12.3. The molecule has 0 aromatic carbocycles. The third-order valence-electron chi connectivity index (χ3n) is 2.99.